The smallest absolute Gasteiger partial charge is 0.311 e. The first-order valence-corrected chi connectivity index (χ1v) is 28.9. The largest absolute Gasteiger partial charge is 0.465 e. The van der Waals surface area contributed by atoms with Gasteiger partial charge in [0, 0.05) is 56.8 Å². The topological polar surface area (TPSA) is 294 Å². The van der Waals surface area contributed by atoms with Crippen LogP contribution in [0.25, 0.3) is 11.2 Å². The van der Waals surface area contributed by atoms with Crippen LogP contribution in [-0.4, -0.2) is 205 Å². The number of rotatable bonds is 17. The van der Waals surface area contributed by atoms with Crippen molar-refractivity contribution in [1.82, 2.24) is 29.3 Å². The lowest BCUT2D eigenvalue weighted by molar-refractivity contribution is -0.319. The Hall–Kier alpha value is -4.14. The SMILES string of the molecule is CC[C@H]1OC(=O)[C@H](C)[C@@H](O[C@H]2C[C@@](C)(OC)[C@@H](O)[C@H](C)O2)[C@H](C)[C@@H](O[C@@H]2O[C@H](C)CC(N(C)C)[C@H]2OC(=O)CCCC(=O)OC[C@@H]2C=C[C@H](n3cnc4c(NC5CC5)nc(N)nc43)C2)[C@](C)(O)C[C@@H](C)CN(C)[C@H](C)[C@@H](O)[C@]1(C)O. The summed E-state index contributed by atoms with van der Waals surface area (Å²) >= 11 is 0. The van der Waals surface area contributed by atoms with Gasteiger partial charge in [0.2, 0.25) is 5.95 Å². The average Bonchev–Trinajstić information content (AvgIpc) is 4.04. The van der Waals surface area contributed by atoms with Gasteiger partial charge < -0.3 is 83.7 Å². The van der Waals surface area contributed by atoms with E-state index >= 15 is 0 Å². The van der Waals surface area contributed by atoms with Crippen molar-refractivity contribution in [3.8, 4) is 0 Å². The molecule has 3 saturated heterocycles. The van der Waals surface area contributed by atoms with Gasteiger partial charge in [-0.05, 0) is 120 Å². The highest BCUT2D eigenvalue weighted by molar-refractivity contribution is 5.84. The van der Waals surface area contributed by atoms with Crippen LogP contribution in [0.1, 0.15) is 139 Å². The van der Waals surface area contributed by atoms with Crippen LogP contribution < -0.4 is 11.1 Å². The number of nitrogen functional groups attached to an aromatic ring is 1. The molecule has 7 N–H and O–H groups in total. The van der Waals surface area contributed by atoms with E-state index in [-0.39, 0.29) is 69.0 Å². The van der Waals surface area contributed by atoms with E-state index in [1.807, 2.05) is 61.5 Å². The highest BCUT2D eigenvalue weighted by Gasteiger charge is 2.53. The molecule has 0 radical (unpaired) electrons. The fourth-order valence-electron chi connectivity index (χ4n) is 12.5. The minimum atomic E-state index is -1.87. The second kappa shape index (κ2) is 26.2. The third-order valence-electron chi connectivity index (χ3n) is 17.5. The van der Waals surface area contributed by atoms with Crippen molar-refractivity contribution in [1.29, 1.82) is 0 Å². The lowest BCUT2D eigenvalue weighted by Gasteiger charge is -2.49. The molecule has 2 aliphatic carbocycles. The number of nitrogens with one attached hydrogen (secondary N) is 1. The Bertz CT molecular complexity index is 2440. The van der Waals surface area contributed by atoms with Crippen molar-refractivity contribution in [2.75, 3.05) is 52.5 Å². The van der Waals surface area contributed by atoms with Gasteiger partial charge in [0.25, 0.3) is 0 Å². The fraction of sp³-hybridized carbons (Fsp3) is 0.825. The van der Waals surface area contributed by atoms with Gasteiger partial charge in [-0.15, -0.1) is 0 Å². The Balaban J connectivity index is 1.07. The summed E-state index contributed by atoms with van der Waals surface area (Å²) in [6, 6.07) is -0.730. The van der Waals surface area contributed by atoms with Crippen LogP contribution in [0.3, 0.4) is 0 Å². The number of carbonyl (C=O) groups is 3. The maximum atomic E-state index is 14.6. The molecule has 0 spiro atoms. The monoisotopic (exact) mass is 1130 g/mol. The summed E-state index contributed by atoms with van der Waals surface area (Å²) < 4.78 is 52.7. The number of imidazole rings is 1. The number of allylic oxidation sites excluding steroid dienone is 1. The van der Waals surface area contributed by atoms with Crippen LogP contribution in [0.4, 0.5) is 11.8 Å². The average molecular weight is 1130 g/mol. The Kier molecular flexibility index (Phi) is 20.8. The highest BCUT2D eigenvalue weighted by atomic mass is 16.7. The zero-order chi connectivity index (χ0) is 58.8. The minimum Gasteiger partial charge on any atom is -0.465 e. The van der Waals surface area contributed by atoms with E-state index in [0.717, 1.165) is 12.8 Å². The second-order valence-electron chi connectivity index (χ2n) is 24.8. The van der Waals surface area contributed by atoms with E-state index in [4.69, 9.17) is 43.6 Å². The zero-order valence-electron chi connectivity index (χ0n) is 49.6. The standard InChI is InChI=1S/C57H94N8O15/c1-15-40-57(10,72)47(68)34(6)64(13)27-30(2)25-55(8,71)49(32(4)45(33(5)52(70)77-40)79-43-26-56(9,73-14)48(69)35(7)76-43)80-53-46(39(63(11)12)23-31(3)75-53)78-42(67)18-16-17-41(66)74-28-36-19-22-38(24-36)65-29-59-44-50(60-37-20-21-37)61-54(58)62-51(44)65/h19,22,29-40,43,45-49,53,68-69,71-72H,15-18,20-21,23-28H2,1-14H3,(H3,58,60,61,62)/t30-,31-,32+,33-,34-,35+,36-,38+,39?,40-,43+,45+,46-,47-,48+,49-,53+,55-,56-,57-/m1/s1. The van der Waals surface area contributed by atoms with Crippen LogP contribution in [0.2, 0.25) is 0 Å². The predicted molar refractivity (Wildman–Crippen MR) is 296 cm³/mol. The number of ether oxygens (including phenoxy) is 8. The Labute approximate surface area is 471 Å². The molecule has 1 unspecified atom stereocenters. The third kappa shape index (κ3) is 14.8. The van der Waals surface area contributed by atoms with E-state index in [2.05, 4.69) is 20.3 Å². The molecule has 3 aliphatic heterocycles. The maximum absolute atomic E-state index is 14.6. The first-order chi connectivity index (χ1) is 37.6. The number of fused-ring (bicyclic) bond motifs is 1. The molecular weight excluding hydrogens is 1040 g/mol. The molecule has 23 heteroatoms. The highest BCUT2D eigenvalue weighted by Crippen LogP contribution is 2.41. The number of esters is 3. The first kappa shape index (κ1) is 63.4. The van der Waals surface area contributed by atoms with Crippen LogP contribution in [0.5, 0.6) is 0 Å². The number of nitrogens with two attached hydrogens (primary N) is 1. The third-order valence-corrected chi connectivity index (χ3v) is 17.5. The van der Waals surface area contributed by atoms with Gasteiger partial charge in [-0.1, -0.05) is 32.9 Å². The van der Waals surface area contributed by atoms with Gasteiger partial charge in [-0.3, -0.25) is 14.4 Å². The number of carbonyl (C=O) groups excluding carboxylic acids is 3. The number of anilines is 2. The van der Waals surface area contributed by atoms with Gasteiger partial charge in [0.1, 0.15) is 23.9 Å². The normalized spacial score (nSPS) is 39.8. The molecule has 2 aromatic rings. The summed E-state index contributed by atoms with van der Waals surface area (Å²) in [7, 11) is 7.06. The summed E-state index contributed by atoms with van der Waals surface area (Å²) in [6.07, 6.45) is -0.766. The molecule has 0 amide bonds. The lowest BCUT2D eigenvalue weighted by Crippen LogP contribution is -2.61. The molecule has 5 aliphatic rings. The van der Waals surface area contributed by atoms with Crippen molar-refractivity contribution in [2.45, 2.75) is 236 Å². The molecule has 2 aromatic heterocycles. The number of cyclic esters (lactones) is 1. The minimum absolute atomic E-state index is 0.0264. The lowest BCUT2D eigenvalue weighted by atomic mass is 9.77. The van der Waals surface area contributed by atoms with Gasteiger partial charge in [-0.2, -0.15) is 9.97 Å². The summed E-state index contributed by atoms with van der Waals surface area (Å²) in [5, 5.41) is 51.2. The molecule has 0 aromatic carbocycles. The van der Waals surface area contributed by atoms with E-state index in [0.29, 0.717) is 42.4 Å². The quantitative estimate of drug-likeness (QED) is 0.0732. The zero-order valence-corrected chi connectivity index (χ0v) is 49.6. The maximum Gasteiger partial charge on any atom is 0.311 e. The molecule has 5 heterocycles. The molecule has 20 atom stereocenters. The summed E-state index contributed by atoms with van der Waals surface area (Å²) in [5.74, 6) is -3.27. The predicted octanol–water partition coefficient (Wildman–Crippen LogP) is 4.28. The van der Waals surface area contributed by atoms with Crippen LogP contribution in [-0.2, 0) is 52.3 Å². The van der Waals surface area contributed by atoms with Gasteiger partial charge in [0.15, 0.2) is 35.7 Å². The molecule has 7 rings (SSSR count). The molecular formula is C57H94N8O15. The molecule has 23 nitrogen and oxygen atoms in total. The van der Waals surface area contributed by atoms with Gasteiger partial charge in [-0.25, -0.2) is 4.98 Å². The molecule has 452 valence electrons. The number of nitrogens with zero attached hydrogens (tertiary/aromatic N) is 6. The van der Waals surface area contributed by atoms with Crippen LogP contribution in [0, 0.1) is 23.7 Å². The van der Waals surface area contributed by atoms with Gasteiger partial charge in [0.05, 0.1) is 66.6 Å². The van der Waals surface area contributed by atoms with Crippen molar-refractivity contribution >= 4 is 40.8 Å². The summed E-state index contributed by atoms with van der Waals surface area (Å²) in [6.45, 7) is 17.9. The fourth-order valence-corrected chi connectivity index (χ4v) is 12.5. The van der Waals surface area contributed by atoms with Crippen molar-refractivity contribution < 1.29 is 72.7 Å². The number of methoxy groups -OCH3 is 1. The van der Waals surface area contributed by atoms with E-state index in [1.165, 1.54) is 14.0 Å². The summed E-state index contributed by atoms with van der Waals surface area (Å²) in [5.41, 5.74) is 2.71. The van der Waals surface area contributed by atoms with Crippen molar-refractivity contribution in [3.63, 3.8) is 0 Å². The van der Waals surface area contributed by atoms with Crippen LogP contribution in [0.15, 0.2) is 18.5 Å². The molecule has 1 saturated carbocycles. The number of hydrogen-bond donors (Lipinski definition) is 6. The summed E-state index contributed by atoms with van der Waals surface area (Å²) in [4.78, 5) is 59.0. The Morgan fingerprint density at radius 3 is 2.30 bits per heavy atom. The number of aliphatic hydroxyl groups is 4. The number of likely N-dealkylation sites (N-methyl/N-ethyl adjacent to an activating group) is 2. The first-order valence-electron chi connectivity index (χ1n) is 28.9. The number of aromatic nitrogens is 4. The van der Waals surface area contributed by atoms with E-state index in [1.54, 1.807) is 54.8 Å². The Morgan fingerprint density at radius 1 is 0.938 bits per heavy atom. The number of hydrogen-bond acceptors (Lipinski definition) is 22. The Morgan fingerprint density at radius 2 is 1.64 bits per heavy atom. The van der Waals surface area contributed by atoms with Crippen molar-refractivity contribution in [3.05, 3.63) is 18.5 Å². The number of aliphatic hydroxyl groups excluding tert-OH is 2. The van der Waals surface area contributed by atoms with Crippen LogP contribution >= 0.6 is 0 Å². The molecule has 4 fully saturated rings. The van der Waals surface area contributed by atoms with Gasteiger partial charge >= 0.3 is 17.9 Å². The van der Waals surface area contributed by atoms with E-state index in [9.17, 15) is 34.8 Å². The molecule has 80 heavy (non-hydrogen) atoms. The van der Waals surface area contributed by atoms with Crippen molar-refractivity contribution in [2.24, 2.45) is 23.7 Å². The van der Waals surface area contributed by atoms with E-state index < -0.39 is 120 Å². The second-order valence-corrected chi connectivity index (χ2v) is 24.8. The molecule has 0 bridgehead atoms.